The summed E-state index contributed by atoms with van der Waals surface area (Å²) < 4.78 is 23.2. The summed E-state index contributed by atoms with van der Waals surface area (Å²) in [6.07, 6.45) is -1.48. The van der Waals surface area contributed by atoms with Gasteiger partial charge in [-0.3, -0.25) is 0 Å². The number of rotatable bonds is 4. The Kier molecular flexibility index (Phi) is 4.67. The van der Waals surface area contributed by atoms with Gasteiger partial charge in [0, 0.05) is 11.6 Å². The Hall–Kier alpha value is -1.62. The topological polar surface area (TPSA) is 55.8 Å². The van der Waals surface area contributed by atoms with Crippen LogP contribution < -0.4 is 4.74 Å². The van der Waals surface area contributed by atoms with Crippen LogP contribution in [0.25, 0.3) is 0 Å². The Labute approximate surface area is 105 Å². The van der Waals surface area contributed by atoms with Crippen LogP contribution in [0.5, 0.6) is 5.75 Å². The number of methoxy groups -OCH3 is 2. The largest absolute Gasteiger partial charge is 0.496 e. The number of halogens is 1. The summed E-state index contributed by atoms with van der Waals surface area (Å²) >= 11 is 0. The molecule has 0 aliphatic heterocycles. The Morgan fingerprint density at radius 2 is 1.89 bits per heavy atom. The number of hydrogen-bond donors (Lipinski definition) is 1. The van der Waals surface area contributed by atoms with Crippen LogP contribution in [0, 0.1) is 5.82 Å². The molecule has 1 rings (SSSR count). The van der Waals surface area contributed by atoms with E-state index in [4.69, 9.17) is 4.74 Å². The van der Waals surface area contributed by atoms with E-state index in [9.17, 15) is 14.3 Å². The summed E-state index contributed by atoms with van der Waals surface area (Å²) in [5, 5.41) is 9.82. The summed E-state index contributed by atoms with van der Waals surface area (Å²) in [5.41, 5.74) is 0.614. The van der Waals surface area contributed by atoms with E-state index in [1.165, 1.54) is 20.3 Å². The summed E-state index contributed by atoms with van der Waals surface area (Å²) in [7, 11) is 2.52. The van der Waals surface area contributed by atoms with Gasteiger partial charge in [-0.05, 0) is 17.5 Å². The third-order valence-electron chi connectivity index (χ3n) is 2.69. The van der Waals surface area contributed by atoms with E-state index in [0.29, 0.717) is 5.56 Å². The van der Waals surface area contributed by atoms with Crippen molar-refractivity contribution in [3.63, 3.8) is 0 Å². The maximum atomic E-state index is 13.7. The zero-order valence-corrected chi connectivity index (χ0v) is 10.9. The van der Waals surface area contributed by atoms with Gasteiger partial charge in [-0.15, -0.1) is 0 Å². The third kappa shape index (κ3) is 2.79. The maximum absolute atomic E-state index is 13.7. The number of carbonyl (C=O) groups excluding carboxylic acids is 1. The van der Waals surface area contributed by atoms with Gasteiger partial charge in [-0.25, -0.2) is 9.18 Å². The van der Waals surface area contributed by atoms with Gasteiger partial charge in [-0.2, -0.15) is 0 Å². The number of hydrogen-bond acceptors (Lipinski definition) is 4. The van der Waals surface area contributed by atoms with E-state index in [0.717, 1.165) is 6.07 Å². The van der Waals surface area contributed by atoms with Crippen molar-refractivity contribution in [1.82, 2.24) is 0 Å². The molecule has 1 aromatic carbocycles. The van der Waals surface area contributed by atoms with Gasteiger partial charge in [0.1, 0.15) is 11.6 Å². The van der Waals surface area contributed by atoms with Gasteiger partial charge in [0.25, 0.3) is 0 Å². The van der Waals surface area contributed by atoms with Crippen molar-refractivity contribution in [1.29, 1.82) is 0 Å². The number of carbonyl (C=O) groups is 1. The highest BCUT2D eigenvalue weighted by molar-refractivity contribution is 5.77. The quantitative estimate of drug-likeness (QED) is 0.839. The average molecular weight is 256 g/mol. The minimum Gasteiger partial charge on any atom is -0.496 e. The number of aliphatic hydroxyl groups is 1. The van der Waals surface area contributed by atoms with Crippen molar-refractivity contribution in [2.45, 2.75) is 25.9 Å². The first-order chi connectivity index (χ1) is 8.42. The second-order valence-electron chi connectivity index (χ2n) is 4.20. The lowest BCUT2D eigenvalue weighted by Gasteiger charge is -2.16. The molecule has 0 radical (unpaired) electrons. The van der Waals surface area contributed by atoms with E-state index in [1.54, 1.807) is 0 Å². The first-order valence-corrected chi connectivity index (χ1v) is 5.55. The van der Waals surface area contributed by atoms with Crippen molar-refractivity contribution >= 4 is 5.97 Å². The van der Waals surface area contributed by atoms with Gasteiger partial charge >= 0.3 is 5.97 Å². The average Bonchev–Trinajstić information content (AvgIpc) is 2.35. The standard InChI is InChI=1S/C13H17FO4/c1-7(2)8-5-9(12(15)13(16)18-4)11(17-3)6-10(8)14/h5-7,12,15H,1-4H3. The van der Waals surface area contributed by atoms with Crippen LogP contribution in [-0.4, -0.2) is 25.3 Å². The summed E-state index contributed by atoms with van der Waals surface area (Å²) in [6.45, 7) is 3.64. The Morgan fingerprint density at radius 3 is 2.33 bits per heavy atom. The maximum Gasteiger partial charge on any atom is 0.339 e. The molecule has 0 aliphatic carbocycles. The van der Waals surface area contributed by atoms with Crippen LogP contribution in [0.1, 0.15) is 37.0 Å². The number of ether oxygens (including phenoxy) is 2. The molecule has 1 N–H and O–H groups in total. The van der Waals surface area contributed by atoms with E-state index in [1.807, 2.05) is 13.8 Å². The second-order valence-corrected chi connectivity index (χ2v) is 4.20. The minimum atomic E-state index is -1.48. The molecule has 1 unspecified atom stereocenters. The lowest BCUT2D eigenvalue weighted by Crippen LogP contribution is -2.15. The molecular weight excluding hydrogens is 239 g/mol. The Morgan fingerprint density at radius 1 is 1.28 bits per heavy atom. The smallest absolute Gasteiger partial charge is 0.339 e. The minimum absolute atomic E-state index is 0.0699. The molecule has 1 atom stereocenters. The SMILES string of the molecule is COC(=O)C(O)c1cc(C(C)C)c(F)cc1OC. The molecule has 4 nitrogen and oxygen atoms in total. The molecule has 100 valence electrons. The van der Waals surface area contributed by atoms with Crippen LogP contribution in [0.2, 0.25) is 0 Å². The van der Waals surface area contributed by atoms with Crippen molar-refractivity contribution in [3.8, 4) is 5.75 Å². The predicted octanol–water partition coefficient (Wildman–Crippen LogP) is 2.16. The van der Waals surface area contributed by atoms with E-state index in [2.05, 4.69) is 4.74 Å². The molecule has 0 spiro atoms. The Balaban J connectivity index is 3.32. The van der Waals surface area contributed by atoms with E-state index >= 15 is 0 Å². The number of esters is 1. The van der Waals surface area contributed by atoms with E-state index < -0.39 is 17.9 Å². The van der Waals surface area contributed by atoms with Gasteiger partial charge in [0.05, 0.1) is 14.2 Å². The van der Waals surface area contributed by atoms with Crippen LogP contribution in [0.15, 0.2) is 12.1 Å². The molecule has 0 saturated heterocycles. The van der Waals surface area contributed by atoms with Crippen molar-refractivity contribution in [3.05, 3.63) is 29.1 Å². The lowest BCUT2D eigenvalue weighted by atomic mass is 9.97. The summed E-state index contributed by atoms with van der Waals surface area (Å²) in [6, 6.07) is 2.59. The zero-order chi connectivity index (χ0) is 13.9. The number of aliphatic hydroxyl groups excluding tert-OH is 1. The number of benzene rings is 1. The highest BCUT2D eigenvalue weighted by Crippen LogP contribution is 2.31. The van der Waals surface area contributed by atoms with Crippen molar-refractivity contribution in [2.75, 3.05) is 14.2 Å². The molecule has 1 aromatic rings. The molecule has 0 fully saturated rings. The normalized spacial score (nSPS) is 12.4. The molecule has 0 aromatic heterocycles. The summed E-state index contributed by atoms with van der Waals surface area (Å²) in [5.74, 6) is -1.19. The molecule has 0 bridgehead atoms. The van der Waals surface area contributed by atoms with Crippen molar-refractivity contribution in [2.24, 2.45) is 0 Å². The molecule has 5 heteroatoms. The van der Waals surface area contributed by atoms with Gasteiger partial charge < -0.3 is 14.6 Å². The molecule has 0 aliphatic rings. The zero-order valence-electron chi connectivity index (χ0n) is 10.9. The first kappa shape index (κ1) is 14.4. The molecular formula is C13H17FO4. The fourth-order valence-electron chi connectivity index (χ4n) is 1.66. The van der Waals surface area contributed by atoms with Gasteiger partial charge in [0.2, 0.25) is 0 Å². The predicted molar refractivity (Wildman–Crippen MR) is 64.0 cm³/mol. The van der Waals surface area contributed by atoms with Gasteiger partial charge in [-0.1, -0.05) is 13.8 Å². The first-order valence-electron chi connectivity index (χ1n) is 5.55. The fourth-order valence-corrected chi connectivity index (χ4v) is 1.66. The molecule has 0 heterocycles. The monoisotopic (exact) mass is 256 g/mol. The summed E-state index contributed by atoms with van der Waals surface area (Å²) in [4.78, 5) is 11.3. The van der Waals surface area contributed by atoms with Gasteiger partial charge in [0.15, 0.2) is 6.10 Å². The fraction of sp³-hybridized carbons (Fsp3) is 0.462. The molecule has 18 heavy (non-hydrogen) atoms. The van der Waals surface area contributed by atoms with Crippen LogP contribution >= 0.6 is 0 Å². The van der Waals surface area contributed by atoms with Crippen LogP contribution in [0.4, 0.5) is 4.39 Å². The molecule has 0 amide bonds. The van der Waals surface area contributed by atoms with Crippen molar-refractivity contribution < 1.29 is 23.8 Å². The van der Waals surface area contributed by atoms with Crippen LogP contribution in [0.3, 0.4) is 0 Å². The second kappa shape index (κ2) is 5.82. The Bertz CT molecular complexity index is 443. The third-order valence-corrected chi connectivity index (χ3v) is 2.69. The molecule has 0 saturated carbocycles. The lowest BCUT2D eigenvalue weighted by molar-refractivity contribution is -0.150. The highest BCUT2D eigenvalue weighted by atomic mass is 19.1. The van der Waals surface area contributed by atoms with E-state index in [-0.39, 0.29) is 17.2 Å². The van der Waals surface area contributed by atoms with Crippen LogP contribution in [-0.2, 0) is 9.53 Å². The highest BCUT2D eigenvalue weighted by Gasteiger charge is 2.24.